The summed E-state index contributed by atoms with van der Waals surface area (Å²) in [6.45, 7) is 1.81. The highest BCUT2D eigenvalue weighted by Gasteiger charge is 2.06. The van der Waals surface area contributed by atoms with Gasteiger partial charge in [0.2, 0.25) is 0 Å². The molecule has 3 rings (SSSR count). The minimum absolute atomic E-state index is 0.0866. The van der Waals surface area contributed by atoms with Crippen LogP contribution in [0.3, 0.4) is 0 Å². The molecule has 0 aliphatic rings. The lowest BCUT2D eigenvalue weighted by Gasteiger charge is -2.02. The number of aromatic nitrogens is 2. The molecule has 5 heteroatoms. The van der Waals surface area contributed by atoms with Crippen LogP contribution in [0.25, 0.3) is 17.3 Å². The number of aliphatic hydroxyl groups is 1. The monoisotopic (exact) mass is 352 g/mol. The number of hydrogen-bond acceptors (Lipinski definition) is 3. The molecular formula is C20H17ClN2O2. The van der Waals surface area contributed by atoms with E-state index in [4.69, 9.17) is 11.6 Å². The average molecular weight is 353 g/mol. The molecule has 0 aliphatic carbocycles. The largest absolute Gasteiger partial charge is 0.392 e. The summed E-state index contributed by atoms with van der Waals surface area (Å²) in [6, 6.07) is 14.6. The third-order valence-electron chi connectivity index (χ3n) is 3.76. The zero-order valence-corrected chi connectivity index (χ0v) is 14.4. The minimum atomic E-state index is -0.124. The van der Waals surface area contributed by atoms with Crippen LogP contribution < -0.4 is 0 Å². The van der Waals surface area contributed by atoms with Crippen molar-refractivity contribution in [3.8, 4) is 11.3 Å². The summed E-state index contributed by atoms with van der Waals surface area (Å²) in [4.78, 5) is 12.3. The molecular weight excluding hydrogens is 336 g/mol. The Morgan fingerprint density at radius 3 is 2.68 bits per heavy atom. The lowest BCUT2D eigenvalue weighted by atomic mass is 10.0. The highest BCUT2D eigenvalue weighted by atomic mass is 35.5. The smallest absolute Gasteiger partial charge is 0.185 e. The molecule has 0 saturated carbocycles. The van der Waals surface area contributed by atoms with Gasteiger partial charge in [-0.05, 0) is 55.0 Å². The highest BCUT2D eigenvalue weighted by molar-refractivity contribution is 6.30. The van der Waals surface area contributed by atoms with Crippen LogP contribution in [0.15, 0.2) is 54.6 Å². The predicted octanol–water partition coefficient (Wildman–Crippen LogP) is 4.43. The summed E-state index contributed by atoms with van der Waals surface area (Å²) in [5.41, 5.74) is 4.67. The predicted molar refractivity (Wildman–Crippen MR) is 99.5 cm³/mol. The second-order valence-corrected chi connectivity index (χ2v) is 6.21. The van der Waals surface area contributed by atoms with Crippen molar-refractivity contribution in [2.75, 3.05) is 0 Å². The molecule has 0 aliphatic heterocycles. The fraction of sp³-hybridized carbons (Fsp3) is 0.100. The van der Waals surface area contributed by atoms with Crippen molar-refractivity contribution in [2.45, 2.75) is 13.5 Å². The van der Waals surface area contributed by atoms with Crippen LogP contribution in [0.1, 0.15) is 27.2 Å². The molecule has 126 valence electrons. The van der Waals surface area contributed by atoms with E-state index in [9.17, 15) is 9.90 Å². The third kappa shape index (κ3) is 4.24. The van der Waals surface area contributed by atoms with Crippen LogP contribution in [-0.4, -0.2) is 21.1 Å². The maximum absolute atomic E-state index is 12.3. The van der Waals surface area contributed by atoms with Crippen molar-refractivity contribution in [3.05, 3.63) is 82.0 Å². The number of nitrogens with zero attached hydrogens (tertiary/aromatic N) is 1. The summed E-state index contributed by atoms with van der Waals surface area (Å²) < 4.78 is 0. The van der Waals surface area contributed by atoms with Gasteiger partial charge in [-0.25, -0.2) is 0 Å². The van der Waals surface area contributed by atoms with E-state index in [-0.39, 0.29) is 12.4 Å². The van der Waals surface area contributed by atoms with Crippen LogP contribution >= 0.6 is 11.6 Å². The van der Waals surface area contributed by atoms with Gasteiger partial charge in [-0.3, -0.25) is 9.89 Å². The Morgan fingerprint density at radius 1 is 1.20 bits per heavy atom. The number of rotatable bonds is 5. The van der Waals surface area contributed by atoms with Gasteiger partial charge in [0, 0.05) is 16.1 Å². The maximum atomic E-state index is 12.3. The second-order valence-electron chi connectivity index (χ2n) is 5.78. The normalized spacial score (nSPS) is 11.2. The first kappa shape index (κ1) is 17.1. The lowest BCUT2D eigenvalue weighted by molar-refractivity contribution is 0.104. The fourth-order valence-electron chi connectivity index (χ4n) is 2.55. The van der Waals surface area contributed by atoms with Crippen LogP contribution in [0.4, 0.5) is 0 Å². The average Bonchev–Trinajstić information content (AvgIpc) is 3.08. The van der Waals surface area contributed by atoms with Gasteiger partial charge in [-0.2, -0.15) is 5.10 Å². The number of carbonyl (C=O) groups is 1. The summed E-state index contributed by atoms with van der Waals surface area (Å²) in [5, 5.41) is 17.1. The molecule has 1 heterocycles. The molecule has 1 aromatic heterocycles. The molecule has 0 saturated heterocycles. The first-order valence-electron chi connectivity index (χ1n) is 7.80. The number of benzene rings is 2. The van der Waals surface area contributed by atoms with Gasteiger partial charge in [-0.15, -0.1) is 0 Å². The Balaban J connectivity index is 1.77. The molecule has 0 atom stereocenters. The second kappa shape index (κ2) is 7.47. The summed E-state index contributed by atoms with van der Waals surface area (Å²) >= 11 is 5.89. The first-order chi connectivity index (χ1) is 12.0. The van der Waals surface area contributed by atoms with Gasteiger partial charge in [0.05, 0.1) is 18.0 Å². The van der Waals surface area contributed by atoms with Gasteiger partial charge < -0.3 is 5.11 Å². The van der Waals surface area contributed by atoms with E-state index >= 15 is 0 Å². The molecule has 0 unspecified atom stereocenters. The Kier molecular flexibility index (Phi) is 5.12. The van der Waals surface area contributed by atoms with Crippen LogP contribution in [0, 0.1) is 6.92 Å². The fourth-order valence-corrected chi connectivity index (χ4v) is 2.67. The van der Waals surface area contributed by atoms with Gasteiger partial charge in [0.25, 0.3) is 0 Å². The molecule has 25 heavy (non-hydrogen) atoms. The van der Waals surface area contributed by atoms with Crippen molar-refractivity contribution in [1.82, 2.24) is 10.2 Å². The molecule has 0 bridgehead atoms. The molecule has 0 amide bonds. The molecule has 0 fully saturated rings. The Hall–Kier alpha value is -2.69. The molecule has 4 nitrogen and oxygen atoms in total. The van der Waals surface area contributed by atoms with Gasteiger partial charge in [0.15, 0.2) is 5.78 Å². The van der Waals surface area contributed by atoms with E-state index in [0.717, 1.165) is 28.1 Å². The number of H-pyrrole nitrogens is 1. The number of aromatic amines is 1. The molecule has 2 N–H and O–H groups in total. The van der Waals surface area contributed by atoms with Crippen molar-refractivity contribution in [1.29, 1.82) is 0 Å². The number of nitrogens with one attached hydrogen (secondary N) is 1. The third-order valence-corrected chi connectivity index (χ3v) is 4.01. The summed E-state index contributed by atoms with van der Waals surface area (Å²) in [5.74, 6) is -0.124. The number of allylic oxidation sites excluding steroid dienone is 1. The number of aryl methyl sites for hydroxylation is 1. The Labute approximate surface area is 150 Å². The van der Waals surface area contributed by atoms with Gasteiger partial charge in [-0.1, -0.05) is 35.4 Å². The van der Waals surface area contributed by atoms with Crippen LogP contribution in [0.5, 0.6) is 0 Å². The van der Waals surface area contributed by atoms with E-state index in [1.807, 2.05) is 31.2 Å². The number of carbonyl (C=O) groups excluding carboxylic acids is 1. The topological polar surface area (TPSA) is 66.0 Å². The van der Waals surface area contributed by atoms with E-state index in [2.05, 4.69) is 10.2 Å². The minimum Gasteiger partial charge on any atom is -0.392 e. The quantitative estimate of drug-likeness (QED) is 0.527. The first-order valence-corrected chi connectivity index (χ1v) is 8.18. The summed E-state index contributed by atoms with van der Waals surface area (Å²) in [6.07, 6.45) is 3.19. The van der Waals surface area contributed by atoms with Crippen LogP contribution in [-0.2, 0) is 6.61 Å². The van der Waals surface area contributed by atoms with Crippen LogP contribution in [0.2, 0.25) is 5.02 Å². The van der Waals surface area contributed by atoms with E-state index in [1.54, 1.807) is 30.3 Å². The highest BCUT2D eigenvalue weighted by Crippen LogP contribution is 2.20. The number of hydrogen-bond donors (Lipinski definition) is 2. The van der Waals surface area contributed by atoms with Crippen molar-refractivity contribution in [2.24, 2.45) is 0 Å². The van der Waals surface area contributed by atoms with E-state index < -0.39 is 0 Å². The molecule has 0 spiro atoms. The van der Waals surface area contributed by atoms with Crippen molar-refractivity contribution >= 4 is 23.5 Å². The number of halogens is 1. The summed E-state index contributed by atoms with van der Waals surface area (Å²) in [7, 11) is 0. The van der Waals surface area contributed by atoms with E-state index in [0.29, 0.717) is 10.6 Å². The molecule has 2 aromatic carbocycles. The SMILES string of the molecule is Cc1cc(CO)cc(C(=O)/C=C/c2cc(-c3ccc(Cl)cc3)n[nH]2)c1. The number of aliphatic hydroxyl groups excluding tert-OH is 1. The molecule has 3 aromatic rings. The van der Waals surface area contributed by atoms with E-state index in [1.165, 1.54) is 6.08 Å². The van der Waals surface area contributed by atoms with Gasteiger partial charge >= 0.3 is 0 Å². The van der Waals surface area contributed by atoms with Gasteiger partial charge in [0.1, 0.15) is 0 Å². The van der Waals surface area contributed by atoms with Crippen molar-refractivity contribution < 1.29 is 9.90 Å². The zero-order valence-electron chi connectivity index (χ0n) is 13.7. The molecule has 0 radical (unpaired) electrons. The zero-order chi connectivity index (χ0) is 17.8. The maximum Gasteiger partial charge on any atom is 0.185 e. The van der Waals surface area contributed by atoms with Crippen molar-refractivity contribution in [3.63, 3.8) is 0 Å². The Bertz CT molecular complexity index is 927. The standard InChI is InChI=1S/C20H17ClN2O2/c1-13-8-14(12-24)10-16(9-13)20(25)7-6-18-11-19(23-22-18)15-2-4-17(21)5-3-15/h2-11,24H,12H2,1H3,(H,22,23)/b7-6+. The Morgan fingerprint density at radius 2 is 1.96 bits per heavy atom. The number of ketones is 1. The lowest BCUT2D eigenvalue weighted by Crippen LogP contribution is -1.97.